The highest BCUT2D eigenvalue weighted by atomic mass is 32.1. The van der Waals surface area contributed by atoms with Gasteiger partial charge in [-0.15, -0.1) is 11.3 Å². The number of nitrogens with one attached hydrogen (secondary N) is 1. The minimum atomic E-state index is -0.328. The number of carbonyl (C=O) groups is 2. The Hall–Kier alpha value is -3.19. The van der Waals surface area contributed by atoms with Gasteiger partial charge in [0.05, 0.1) is 12.8 Å². The first-order chi connectivity index (χ1) is 14.3. The minimum Gasteiger partial charge on any atom is -0.493 e. The topological polar surface area (TPSA) is 77.5 Å². The van der Waals surface area contributed by atoms with Gasteiger partial charge in [0, 0.05) is 16.5 Å². The second kappa shape index (κ2) is 9.09. The number of ether oxygens (including phenoxy) is 2. The van der Waals surface area contributed by atoms with Gasteiger partial charge in [-0.25, -0.2) is 4.98 Å². The molecule has 0 aliphatic heterocycles. The first-order valence-electron chi connectivity index (χ1n) is 9.44. The molecular weight excluding hydrogens is 400 g/mol. The smallest absolute Gasteiger partial charge is 0.264 e. The van der Waals surface area contributed by atoms with Crippen LogP contribution < -0.4 is 14.8 Å². The average Bonchev–Trinajstić information content (AvgIpc) is 3.13. The molecule has 1 amide bonds. The van der Waals surface area contributed by atoms with Crippen LogP contribution in [0.4, 0.5) is 5.13 Å². The third-order valence-corrected chi connectivity index (χ3v) is 5.37. The van der Waals surface area contributed by atoms with Crippen molar-refractivity contribution in [1.82, 2.24) is 4.98 Å². The van der Waals surface area contributed by atoms with Crippen molar-refractivity contribution >= 4 is 28.2 Å². The molecule has 0 aliphatic carbocycles. The van der Waals surface area contributed by atoms with E-state index in [1.165, 1.54) is 30.9 Å². The number of amides is 1. The van der Waals surface area contributed by atoms with E-state index in [1.807, 2.05) is 5.38 Å². The predicted molar refractivity (Wildman–Crippen MR) is 119 cm³/mol. The van der Waals surface area contributed by atoms with Crippen LogP contribution in [0.3, 0.4) is 0 Å². The van der Waals surface area contributed by atoms with Crippen molar-refractivity contribution in [2.75, 3.05) is 19.0 Å². The zero-order valence-corrected chi connectivity index (χ0v) is 18.5. The summed E-state index contributed by atoms with van der Waals surface area (Å²) in [7, 11) is 1.48. The van der Waals surface area contributed by atoms with Crippen molar-refractivity contribution in [3.63, 3.8) is 0 Å². The number of aromatic nitrogens is 1. The quantitative estimate of drug-likeness (QED) is 0.542. The Labute approximate surface area is 179 Å². The average molecular weight is 425 g/mol. The number of benzene rings is 2. The van der Waals surface area contributed by atoms with Gasteiger partial charge in [-0.2, -0.15) is 0 Å². The number of Topliss-reactive ketones (excluding diaryl/α,β-unsaturated/α-hetero) is 1. The van der Waals surface area contributed by atoms with Crippen LogP contribution in [-0.4, -0.2) is 30.4 Å². The summed E-state index contributed by atoms with van der Waals surface area (Å²) in [5.74, 6) is 0.392. The van der Waals surface area contributed by atoms with Crippen LogP contribution in [0, 0.1) is 20.8 Å². The van der Waals surface area contributed by atoms with Crippen LogP contribution in [0.1, 0.15) is 34.0 Å². The summed E-state index contributed by atoms with van der Waals surface area (Å²) in [4.78, 5) is 28.4. The molecule has 0 atom stereocenters. The number of thiazole rings is 1. The molecule has 1 heterocycles. The molecule has 7 heteroatoms. The first kappa shape index (κ1) is 21.5. The van der Waals surface area contributed by atoms with E-state index in [-0.39, 0.29) is 18.3 Å². The summed E-state index contributed by atoms with van der Waals surface area (Å²) in [6, 6.07) is 9.09. The van der Waals surface area contributed by atoms with Gasteiger partial charge in [0.1, 0.15) is 0 Å². The van der Waals surface area contributed by atoms with Gasteiger partial charge in [0.15, 0.2) is 29.0 Å². The van der Waals surface area contributed by atoms with Crippen LogP contribution in [-0.2, 0) is 4.79 Å². The number of aryl methyl sites for hydroxylation is 3. The maximum Gasteiger partial charge on any atom is 0.264 e. The van der Waals surface area contributed by atoms with Gasteiger partial charge >= 0.3 is 0 Å². The molecule has 3 rings (SSSR count). The molecule has 0 aliphatic rings. The summed E-state index contributed by atoms with van der Waals surface area (Å²) in [6.07, 6.45) is 0. The molecule has 30 heavy (non-hydrogen) atoms. The second-order valence-electron chi connectivity index (χ2n) is 7.07. The van der Waals surface area contributed by atoms with E-state index in [1.54, 1.807) is 18.2 Å². The fraction of sp³-hybridized carbons (Fsp3) is 0.261. The maximum atomic E-state index is 12.3. The third kappa shape index (κ3) is 4.86. The van der Waals surface area contributed by atoms with Crippen LogP contribution >= 0.6 is 11.3 Å². The standard InChI is InChI=1S/C23H24N2O4S/c1-13-8-14(2)22(15(3)9-13)18-12-30-23(24-18)25-21(27)11-29-19-7-6-17(16(4)26)10-20(19)28-5/h6-10,12H,11H2,1-5H3,(H,24,25,27). The molecule has 0 bridgehead atoms. The summed E-state index contributed by atoms with van der Waals surface area (Å²) >= 11 is 1.37. The SMILES string of the molecule is COc1cc(C(C)=O)ccc1OCC(=O)Nc1nc(-c2c(C)cc(C)cc2C)cs1. The molecule has 0 saturated carbocycles. The first-order valence-corrected chi connectivity index (χ1v) is 10.3. The number of rotatable bonds is 7. The number of methoxy groups -OCH3 is 1. The number of nitrogens with zero attached hydrogens (tertiary/aromatic N) is 1. The number of hydrogen-bond acceptors (Lipinski definition) is 6. The Kier molecular flexibility index (Phi) is 6.52. The van der Waals surface area contributed by atoms with Crippen molar-refractivity contribution in [3.8, 4) is 22.8 Å². The van der Waals surface area contributed by atoms with Gasteiger partial charge in [-0.05, 0) is 57.0 Å². The molecule has 1 N–H and O–H groups in total. The Morgan fingerprint density at radius 1 is 1.07 bits per heavy atom. The zero-order valence-electron chi connectivity index (χ0n) is 17.7. The molecule has 0 unspecified atom stereocenters. The van der Waals surface area contributed by atoms with Crippen molar-refractivity contribution in [2.24, 2.45) is 0 Å². The monoisotopic (exact) mass is 424 g/mol. The lowest BCUT2D eigenvalue weighted by Crippen LogP contribution is -2.20. The normalized spacial score (nSPS) is 10.6. The lowest BCUT2D eigenvalue weighted by atomic mass is 9.98. The highest BCUT2D eigenvalue weighted by Crippen LogP contribution is 2.31. The molecule has 6 nitrogen and oxygen atoms in total. The minimum absolute atomic E-state index is 0.0729. The Bertz CT molecular complexity index is 1080. The van der Waals surface area contributed by atoms with Crippen molar-refractivity contribution in [2.45, 2.75) is 27.7 Å². The summed E-state index contributed by atoms with van der Waals surface area (Å²) in [5.41, 5.74) is 5.96. The second-order valence-corrected chi connectivity index (χ2v) is 7.93. The highest BCUT2D eigenvalue weighted by Gasteiger charge is 2.14. The van der Waals surface area contributed by atoms with E-state index in [2.05, 4.69) is 43.2 Å². The lowest BCUT2D eigenvalue weighted by Gasteiger charge is -2.11. The van der Waals surface area contributed by atoms with Gasteiger partial charge < -0.3 is 9.47 Å². The largest absolute Gasteiger partial charge is 0.493 e. The van der Waals surface area contributed by atoms with Crippen LogP contribution in [0.5, 0.6) is 11.5 Å². The predicted octanol–water partition coefficient (Wildman–Crippen LogP) is 4.96. The molecular formula is C23H24N2O4S. The molecule has 1 aromatic heterocycles. The Morgan fingerprint density at radius 2 is 1.77 bits per heavy atom. The fourth-order valence-corrected chi connectivity index (χ4v) is 4.05. The summed E-state index contributed by atoms with van der Waals surface area (Å²) in [5, 5.41) is 5.21. The van der Waals surface area contributed by atoms with E-state index in [9.17, 15) is 9.59 Å². The van der Waals surface area contributed by atoms with Crippen molar-refractivity contribution < 1.29 is 19.1 Å². The third-order valence-electron chi connectivity index (χ3n) is 4.61. The van der Waals surface area contributed by atoms with E-state index >= 15 is 0 Å². The maximum absolute atomic E-state index is 12.3. The van der Waals surface area contributed by atoms with Crippen LogP contribution in [0.15, 0.2) is 35.7 Å². The fourth-order valence-electron chi connectivity index (χ4n) is 3.33. The molecule has 0 spiro atoms. The Balaban J connectivity index is 1.66. The lowest BCUT2D eigenvalue weighted by molar-refractivity contribution is -0.118. The van der Waals surface area contributed by atoms with Crippen LogP contribution in [0.2, 0.25) is 0 Å². The Morgan fingerprint density at radius 3 is 2.40 bits per heavy atom. The molecule has 0 radical (unpaired) electrons. The van der Waals surface area contributed by atoms with Gasteiger partial charge in [0.2, 0.25) is 0 Å². The number of carbonyl (C=O) groups excluding carboxylic acids is 2. The summed E-state index contributed by atoms with van der Waals surface area (Å²) < 4.78 is 10.8. The van der Waals surface area contributed by atoms with E-state index in [0.29, 0.717) is 22.2 Å². The van der Waals surface area contributed by atoms with Crippen LogP contribution in [0.25, 0.3) is 11.3 Å². The van der Waals surface area contributed by atoms with Gasteiger partial charge in [-0.3, -0.25) is 14.9 Å². The molecule has 0 fully saturated rings. The number of hydrogen-bond donors (Lipinski definition) is 1. The number of anilines is 1. The van der Waals surface area contributed by atoms with E-state index in [0.717, 1.165) is 22.4 Å². The molecule has 156 valence electrons. The van der Waals surface area contributed by atoms with Gasteiger partial charge in [-0.1, -0.05) is 17.7 Å². The van der Waals surface area contributed by atoms with Crippen molar-refractivity contribution in [1.29, 1.82) is 0 Å². The van der Waals surface area contributed by atoms with E-state index in [4.69, 9.17) is 9.47 Å². The molecule has 0 saturated heterocycles. The van der Waals surface area contributed by atoms with Crippen molar-refractivity contribution in [3.05, 3.63) is 58.0 Å². The summed E-state index contributed by atoms with van der Waals surface area (Å²) in [6.45, 7) is 7.47. The van der Waals surface area contributed by atoms with E-state index < -0.39 is 0 Å². The highest BCUT2D eigenvalue weighted by molar-refractivity contribution is 7.14. The zero-order chi connectivity index (χ0) is 21.8. The molecule has 3 aromatic rings. The van der Waals surface area contributed by atoms with Gasteiger partial charge in [0.25, 0.3) is 5.91 Å². The molecule has 2 aromatic carbocycles. The number of ketones is 1.